The van der Waals surface area contributed by atoms with Gasteiger partial charge < -0.3 is 26.2 Å². The fourth-order valence-electron chi connectivity index (χ4n) is 1.79. The monoisotopic (exact) mass is 257 g/mol. The molecular formula is C10H15N3O3S. The number of nitrogens with two attached hydrogens (primary N) is 1. The van der Waals surface area contributed by atoms with Gasteiger partial charge in [-0.25, -0.2) is 0 Å². The number of amides is 1. The van der Waals surface area contributed by atoms with Crippen molar-refractivity contribution < 1.29 is 15.0 Å². The Bertz CT molecular complexity index is 424. The van der Waals surface area contributed by atoms with Crippen LogP contribution in [-0.4, -0.2) is 48.5 Å². The summed E-state index contributed by atoms with van der Waals surface area (Å²) in [6.07, 6.45) is -1.50. The van der Waals surface area contributed by atoms with Gasteiger partial charge in [0.25, 0.3) is 5.91 Å². The van der Waals surface area contributed by atoms with Crippen LogP contribution in [0.25, 0.3) is 0 Å². The van der Waals surface area contributed by atoms with Crippen LogP contribution in [0.5, 0.6) is 0 Å². The van der Waals surface area contributed by atoms with E-state index in [4.69, 9.17) is 5.73 Å². The number of thiophene rings is 1. The Hall–Kier alpha value is -1.31. The van der Waals surface area contributed by atoms with Crippen molar-refractivity contribution in [2.75, 3.05) is 30.8 Å². The number of anilines is 2. The van der Waals surface area contributed by atoms with Crippen LogP contribution >= 0.6 is 11.3 Å². The normalized spacial score (nSPS) is 24.1. The number of nitrogens with zero attached hydrogens (tertiary/aromatic N) is 1. The van der Waals surface area contributed by atoms with Gasteiger partial charge in [-0.2, -0.15) is 0 Å². The molecule has 1 aliphatic heterocycles. The minimum Gasteiger partial charge on any atom is -0.397 e. The smallest absolute Gasteiger partial charge is 0.263 e. The Labute approximate surface area is 103 Å². The van der Waals surface area contributed by atoms with Crippen LogP contribution in [0.2, 0.25) is 0 Å². The van der Waals surface area contributed by atoms with E-state index in [1.807, 2.05) is 4.90 Å². The molecule has 1 fully saturated rings. The minimum absolute atomic E-state index is 0.223. The summed E-state index contributed by atoms with van der Waals surface area (Å²) in [7, 11) is 1.55. The lowest BCUT2D eigenvalue weighted by Gasteiger charge is -2.14. The molecule has 2 heterocycles. The number of β-amino-alcohol motifs (C(OH)–C–C–N with tert-alkyl or cyclic N) is 2. The number of hydrogen-bond acceptors (Lipinski definition) is 6. The molecule has 2 atom stereocenters. The van der Waals surface area contributed by atoms with E-state index in [2.05, 4.69) is 5.32 Å². The van der Waals surface area contributed by atoms with Gasteiger partial charge in [0.05, 0.1) is 22.9 Å². The van der Waals surface area contributed by atoms with Gasteiger partial charge in [0.2, 0.25) is 0 Å². The highest BCUT2D eigenvalue weighted by Gasteiger charge is 2.31. The highest BCUT2D eigenvalue weighted by Crippen LogP contribution is 2.34. The minimum atomic E-state index is -0.748. The second-order valence-electron chi connectivity index (χ2n) is 3.99. The molecule has 1 aromatic rings. The fraction of sp³-hybridized carbons (Fsp3) is 0.500. The third-order valence-electron chi connectivity index (χ3n) is 2.75. The molecule has 1 amide bonds. The van der Waals surface area contributed by atoms with Crippen LogP contribution in [0.15, 0.2) is 6.07 Å². The largest absolute Gasteiger partial charge is 0.397 e. The molecule has 0 saturated carbocycles. The molecule has 0 spiro atoms. The Kier molecular flexibility index (Phi) is 3.23. The van der Waals surface area contributed by atoms with Crippen molar-refractivity contribution in [2.45, 2.75) is 12.2 Å². The third-order valence-corrected chi connectivity index (χ3v) is 3.96. The number of carbonyl (C=O) groups excluding carboxylic acids is 1. The van der Waals surface area contributed by atoms with Crippen LogP contribution in [0.1, 0.15) is 9.67 Å². The summed E-state index contributed by atoms with van der Waals surface area (Å²) in [6.45, 7) is 0.711. The van der Waals surface area contributed by atoms with Crippen LogP contribution in [-0.2, 0) is 0 Å². The van der Waals surface area contributed by atoms with E-state index in [1.54, 1.807) is 13.1 Å². The van der Waals surface area contributed by atoms with Gasteiger partial charge in [0.15, 0.2) is 0 Å². The number of rotatable bonds is 2. The Balaban J connectivity index is 2.21. The first-order valence-corrected chi connectivity index (χ1v) is 6.07. The number of nitrogens with one attached hydrogen (secondary N) is 1. The van der Waals surface area contributed by atoms with Gasteiger partial charge in [-0.3, -0.25) is 4.79 Å². The van der Waals surface area contributed by atoms with E-state index in [0.29, 0.717) is 23.7 Å². The molecule has 1 saturated heterocycles. The number of nitrogen functional groups attached to an aromatic ring is 1. The van der Waals surface area contributed by atoms with Crippen molar-refractivity contribution in [1.82, 2.24) is 5.32 Å². The van der Waals surface area contributed by atoms with Crippen molar-refractivity contribution in [2.24, 2.45) is 0 Å². The second-order valence-corrected chi connectivity index (χ2v) is 5.02. The molecule has 94 valence electrons. The van der Waals surface area contributed by atoms with E-state index in [1.165, 1.54) is 11.3 Å². The Morgan fingerprint density at radius 2 is 2.12 bits per heavy atom. The van der Waals surface area contributed by atoms with Crippen molar-refractivity contribution in [3.63, 3.8) is 0 Å². The highest BCUT2D eigenvalue weighted by atomic mass is 32.1. The molecule has 5 N–H and O–H groups in total. The van der Waals surface area contributed by atoms with Crippen LogP contribution in [0.3, 0.4) is 0 Å². The molecule has 2 rings (SSSR count). The molecule has 7 heteroatoms. The maximum Gasteiger partial charge on any atom is 0.263 e. The maximum absolute atomic E-state index is 11.5. The maximum atomic E-state index is 11.5. The molecule has 2 unspecified atom stereocenters. The summed E-state index contributed by atoms with van der Waals surface area (Å²) in [4.78, 5) is 13.8. The number of aliphatic hydroxyl groups is 2. The Morgan fingerprint density at radius 1 is 1.53 bits per heavy atom. The average Bonchev–Trinajstić information content (AvgIpc) is 2.82. The van der Waals surface area contributed by atoms with Gasteiger partial charge in [-0.05, 0) is 6.07 Å². The number of carbonyl (C=O) groups is 1. The molecule has 1 aromatic heterocycles. The number of aliphatic hydroxyl groups excluding tert-OH is 2. The van der Waals surface area contributed by atoms with E-state index in [9.17, 15) is 15.0 Å². The molecule has 0 radical (unpaired) electrons. The van der Waals surface area contributed by atoms with Crippen LogP contribution < -0.4 is 16.0 Å². The molecule has 17 heavy (non-hydrogen) atoms. The predicted molar refractivity (Wildman–Crippen MR) is 66.3 cm³/mol. The van der Waals surface area contributed by atoms with Crippen molar-refractivity contribution in [3.05, 3.63) is 10.9 Å². The van der Waals surface area contributed by atoms with Crippen molar-refractivity contribution in [3.8, 4) is 0 Å². The summed E-state index contributed by atoms with van der Waals surface area (Å²) < 4.78 is 0. The van der Waals surface area contributed by atoms with E-state index in [-0.39, 0.29) is 5.91 Å². The molecule has 1 aliphatic rings. The zero-order chi connectivity index (χ0) is 12.6. The quantitative estimate of drug-likeness (QED) is 0.558. The summed E-state index contributed by atoms with van der Waals surface area (Å²) in [5, 5.41) is 22.2. The average molecular weight is 257 g/mol. The van der Waals surface area contributed by atoms with E-state index >= 15 is 0 Å². The van der Waals surface area contributed by atoms with Crippen molar-refractivity contribution in [1.29, 1.82) is 0 Å². The van der Waals surface area contributed by atoms with Gasteiger partial charge in [0, 0.05) is 20.1 Å². The summed E-state index contributed by atoms with van der Waals surface area (Å²) >= 11 is 1.26. The van der Waals surface area contributed by atoms with Gasteiger partial charge in [-0.1, -0.05) is 0 Å². The summed E-state index contributed by atoms with van der Waals surface area (Å²) in [5.74, 6) is -0.223. The van der Waals surface area contributed by atoms with Crippen LogP contribution in [0, 0.1) is 0 Å². The predicted octanol–water partition coefficient (Wildman–Crippen LogP) is -0.768. The summed E-state index contributed by atoms with van der Waals surface area (Å²) in [5.41, 5.74) is 6.17. The van der Waals surface area contributed by atoms with Crippen molar-refractivity contribution >= 4 is 27.9 Å². The molecular weight excluding hydrogens is 242 g/mol. The fourth-order valence-corrected chi connectivity index (χ4v) is 2.83. The lowest BCUT2D eigenvalue weighted by Crippen LogP contribution is -2.22. The van der Waals surface area contributed by atoms with Crippen LogP contribution in [0.4, 0.5) is 10.7 Å². The molecule has 0 aliphatic carbocycles. The van der Waals surface area contributed by atoms with E-state index < -0.39 is 12.2 Å². The zero-order valence-corrected chi connectivity index (χ0v) is 10.2. The highest BCUT2D eigenvalue weighted by molar-refractivity contribution is 7.18. The zero-order valence-electron chi connectivity index (χ0n) is 9.38. The summed E-state index contributed by atoms with van der Waals surface area (Å²) in [6, 6.07) is 1.69. The molecule has 0 aromatic carbocycles. The Morgan fingerprint density at radius 3 is 2.65 bits per heavy atom. The topological polar surface area (TPSA) is 98.8 Å². The third kappa shape index (κ3) is 2.21. The standard InChI is InChI=1S/C10H15N3O3S/c1-12-10(16)9-5(11)2-8(17-9)13-3-6(14)7(15)4-13/h2,6-7,14-15H,3-4,11H2,1H3,(H,12,16). The van der Waals surface area contributed by atoms with Gasteiger partial charge in [-0.15, -0.1) is 11.3 Å². The van der Waals surface area contributed by atoms with E-state index in [0.717, 1.165) is 5.00 Å². The number of hydrogen-bond donors (Lipinski definition) is 4. The first-order valence-electron chi connectivity index (χ1n) is 5.25. The first-order chi connectivity index (χ1) is 8.02. The SMILES string of the molecule is CNC(=O)c1sc(N2CC(O)C(O)C2)cc1N. The van der Waals surface area contributed by atoms with Gasteiger partial charge in [0.1, 0.15) is 4.88 Å². The lowest BCUT2D eigenvalue weighted by molar-refractivity contribution is 0.0572. The lowest BCUT2D eigenvalue weighted by atomic mass is 10.3. The second kappa shape index (κ2) is 4.52. The molecule has 0 bridgehead atoms. The molecule has 6 nitrogen and oxygen atoms in total. The van der Waals surface area contributed by atoms with Gasteiger partial charge >= 0.3 is 0 Å². The first kappa shape index (κ1) is 12.2.